The number of aromatic nitrogens is 2. The third-order valence-electron chi connectivity index (χ3n) is 4.16. The molecule has 0 spiro atoms. The first-order valence-corrected chi connectivity index (χ1v) is 8.09. The van der Waals surface area contributed by atoms with Gasteiger partial charge in [-0.2, -0.15) is 0 Å². The van der Waals surface area contributed by atoms with Gasteiger partial charge in [0.1, 0.15) is 11.0 Å². The van der Waals surface area contributed by atoms with Crippen molar-refractivity contribution < 1.29 is 8.83 Å². The normalized spacial score (nSPS) is 11.4. The molecule has 6 heteroatoms. The van der Waals surface area contributed by atoms with Gasteiger partial charge >= 0.3 is 0 Å². The molecule has 0 aliphatic rings. The number of nitrogen functional groups attached to an aromatic ring is 2. The summed E-state index contributed by atoms with van der Waals surface area (Å²) in [6.45, 7) is 0. The van der Waals surface area contributed by atoms with Crippen LogP contribution in [0.15, 0.2) is 69.5 Å². The van der Waals surface area contributed by atoms with Crippen LogP contribution in [0.25, 0.3) is 45.1 Å². The Hall–Kier alpha value is -3.80. The van der Waals surface area contributed by atoms with Gasteiger partial charge in [-0.3, -0.25) is 0 Å². The van der Waals surface area contributed by atoms with Gasteiger partial charge in [0, 0.05) is 28.6 Å². The molecule has 0 unspecified atom stereocenters. The third kappa shape index (κ3) is 2.36. The van der Waals surface area contributed by atoms with E-state index in [1.54, 1.807) is 6.07 Å². The van der Waals surface area contributed by atoms with E-state index in [0.717, 1.165) is 11.1 Å². The maximum atomic E-state index is 5.88. The van der Waals surface area contributed by atoms with Gasteiger partial charge in [-0.1, -0.05) is 12.1 Å². The Bertz CT molecular complexity index is 1120. The lowest BCUT2D eigenvalue weighted by molar-refractivity contribution is 0.609. The van der Waals surface area contributed by atoms with Crippen LogP contribution in [-0.2, 0) is 0 Å². The van der Waals surface area contributed by atoms with Gasteiger partial charge in [0.15, 0.2) is 11.2 Å². The van der Waals surface area contributed by atoms with Crippen molar-refractivity contribution in [1.29, 1.82) is 0 Å². The SMILES string of the molecule is Nc1cccc(-c2nc3cc4nc(-c5cccc(N)c5)oc4cc3o2)c1. The van der Waals surface area contributed by atoms with Crippen molar-refractivity contribution in [2.75, 3.05) is 11.5 Å². The first kappa shape index (κ1) is 14.5. The van der Waals surface area contributed by atoms with Crippen molar-refractivity contribution in [1.82, 2.24) is 9.97 Å². The smallest absolute Gasteiger partial charge is 0.227 e. The average Bonchev–Trinajstić information content (AvgIpc) is 3.22. The number of nitrogens with zero attached hydrogens (tertiary/aromatic N) is 2. The van der Waals surface area contributed by atoms with Crippen LogP contribution in [0.4, 0.5) is 11.4 Å². The van der Waals surface area contributed by atoms with Crippen molar-refractivity contribution in [2.45, 2.75) is 0 Å². The molecule has 5 aromatic rings. The molecule has 3 aromatic carbocycles. The molecule has 5 rings (SSSR count). The second-order valence-electron chi connectivity index (χ2n) is 6.08. The second kappa shape index (κ2) is 5.35. The molecule has 0 fully saturated rings. The Morgan fingerprint density at radius 2 is 1.12 bits per heavy atom. The number of nitrogens with two attached hydrogens (primary N) is 2. The summed E-state index contributed by atoms with van der Waals surface area (Å²) in [4.78, 5) is 9.09. The first-order chi connectivity index (χ1) is 12.7. The Kier molecular flexibility index (Phi) is 2.99. The highest BCUT2D eigenvalue weighted by molar-refractivity contribution is 5.91. The number of anilines is 2. The molecule has 26 heavy (non-hydrogen) atoms. The van der Waals surface area contributed by atoms with Crippen molar-refractivity contribution >= 4 is 33.6 Å². The van der Waals surface area contributed by atoms with Crippen LogP contribution in [0.5, 0.6) is 0 Å². The molecule has 0 bridgehead atoms. The lowest BCUT2D eigenvalue weighted by Gasteiger charge is -1.96. The van der Waals surface area contributed by atoms with Crippen molar-refractivity contribution in [3.05, 3.63) is 60.7 Å². The lowest BCUT2D eigenvalue weighted by atomic mass is 10.2. The van der Waals surface area contributed by atoms with Crippen LogP contribution in [0.2, 0.25) is 0 Å². The van der Waals surface area contributed by atoms with Crippen LogP contribution >= 0.6 is 0 Å². The summed E-state index contributed by atoms with van der Waals surface area (Å²) < 4.78 is 11.8. The van der Waals surface area contributed by atoms with E-state index in [-0.39, 0.29) is 0 Å². The molecule has 0 aliphatic carbocycles. The zero-order valence-electron chi connectivity index (χ0n) is 13.6. The van der Waals surface area contributed by atoms with Gasteiger partial charge in [-0.05, 0) is 42.5 Å². The van der Waals surface area contributed by atoms with Crippen molar-refractivity contribution in [2.24, 2.45) is 0 Å². The number of hydrogen-bond acceptors (Lipinski definition) is 6. The topological polar surface area (TPSA) is 104 Å². The highest BCUT2D eigenvalue weighted by atomic mass is 16.4. The summed E-state index contributed by atoms with van der Waals surface area (Å²) in [7, 11) is 0. The van der Waals surface area contributed by atoms with E-state index in [0.29, 0.717) is 45.4 Å². The fraction of sp³-hybridized carbons (Fsp3) is 0. The minimum absolute atomic E-state index is 0.510. The quantitative estimate of drug-likeness (QED) is 0.459. The Labute approximate surface area is 148 Å². The highest BCUT2D eigenvalue weighted by Gasteiger charge is 2.14. The van der Waals surface area contributed by atoms with Crippen LogP contribution in [0.3, 0.4) is 0 Å². The first-order valence-electron chi connectivity index (χ1n) is 8.09. The maximum absolute atomic E-state index is 5.88. The predicted octanol–water partition coefficient (Wildman–Crippen LogP) is 4.47. The van der Waals surface area contributed by atoms with Crippen LogP contribution < -0.4 is 11.5 Å². The number of fused-ring (bicyclic) bond motifs is 2. The van der Waals surface area contributed by atoms with Gasteiger partial charge in [0.25, 0.3) is 0 Å². The minimum atomic E-state index is 0.510. The van der Waals surface area contributed by atoms with Crippen molar-refractivity contribution in [3.8, 4) is 22.9 Å². The Morgan fingerprint density at radius 3 is 1.58 bits per heavy atom. The predicted molar refractivity (Wildman–Crippen MR) is 101 cm³/mol. The van der Waals surface area contributed by atoms with Gasteiger partial charge in [-0.25, -0.2) is 9.97 Å². The highest BCUT2D eigenvalue weighted by Crippen LogP contribution is 2.31. The van der Waals surface area contributed by atoms with Crippen molar-refractivity contribution in [3.63, 3.8) is 0 Å². The molecular formula is C20H14N4O2. The van der Waals surface area contributed by atoms with E-state index >= 15 is 0 Å². The molecule has 0 radical (unpaired) electrons. The summed E-state index contributed by atoms with van der Waals surface area (Å²) in [5.74, 6) is 1.02. The van der Waals surface area contributed by atoms with E-state index in [9.17, 15) is 0 Å². The molecule has 0 saturated carbocycles. The maximum Gasteiger partial charge on any atom is 0.227 e. The van der Waals surface area contributed by atoms with Gasteiger partial charge in [-0.15, -0.1) is 0 Å². The molecule has 0 aliphatic heterocycles. The number of oxazole rings is 2. The Morgan fingerprint density at radius 1 is 0.615 bits per heavy atom. The molecule has 0 amide bonds. The molecule has 2 aromatic heterocycles. The molecule has 0 atom stereocenters. The standard InChI is InChI=1S/C20H14N4O2/c21-13-5-1-3-11(7-13)19-23-15-9-16-18(10-17(15)25-19)26-20(24-16)12-4-2-6-14(22)8-12/h1-10H,21-22H2. The van der Waals surface area contributed by atoms with Gasteiger partial charge < -0.3 is 20.3 Å². The minimum Gasteiger partial charge on any atom is -0.436 e. The zero-order chi connectivity index (χ0) is 17.7. The van der Waals surface area contributed by atoms with Gasteiger partial charge in [0.2, 0.25) is 11.8 Å². The van der Waals surface area contributed by atoms with E-state index in [1.807, 2.05) is 54.6 Å². The third-order valence-corrected chi connectivity index (χ3v) is 4.16. The number of benzene rings is 3. The van der Waals surface area contributed by atoms with E-state index in [2.05, 4.69) is 9.97 Å². The molecule has 2 heterocycles. The fourth-order valence-corrected chi connectivity index (χ4v) is 2.94. The molecular weight excluding hydrogens is 328 g/mol. The molecule has 4 N–H and O–H groups in total. The van der Waals surface area contributed by atoms with E-state index in [4.69, 9.17) is 20.3 Å². The second-order valence-corrected chi connectivity index (χ2v) is 6.08. The van der Waals surface area contributed by atoms with Crippen LogP contribution in [0, 0.1) is 0 Å². The van der Waals surface area contributed by atoms with Crippen LogP contribution in [-0.4, -0.2) is 9.97 Å². The molecule has 6 nitrogen and oxygen atoms in total. The monoisotopic (exact) mass is 342 g/mol. The van der Waals surface area contributed by atoms with E-state index < -0.39 is 0 Å². The largest absolute Gasteiger partial charge is 0.436 e. The van der Waals surface area contributed by atoms with E-state index in [1.165, 1.54) is 0 Å². The number of hydrogen-bond donors (Lipinski definition) is 2. The average molecular weight is 342 g/mol. The number of rotatable bonds is 2. The summed E-state index contributed by atoms with van der Waals surface area (Å²) in [5, 5.41) is 0. The summed E-state index contributed by atoms with van der Waals surface area (Å²) in [6.07, 6.45) is 0. The summed E-state index contributed by atoms with van der Waals surface area (Å²) in [5.41, 5.74) is 17.3. The van der Waals surface area contributed by atoms with Crippen LogP contribution in [0.1, 0.15) is 0 Å². The lowest BCUT2D eigenvalue weighted by Crippen LogP contribution is -1.84. The summed E-state index contributed by atoms with van der Waals surface area (Å²) in [6, 6.07) is 18.5. The fourth-order valence-electron chi connectivity index (χ4n) is 2.94. The molecule has 126 valence electrons. The summed E-state index contributed by atoms with van der Waals surface area (Å²) >= 11 is 0. The van der Waals surface area contributed by atoms with Gasteiger partial charge in [0.05, 0.1) is 0 Å². The molecule has 0 saturated heterocycles. The Balaban J connectivity index is 1.63. The zero-order valence-corrected chi connectivity index (χ0v) is 13.6.